The molecule has 0 unspecified atom stereocenters. The SMILES string of the molecule is Cc1cnn(C(C)(C)C(=O)c2ccc(Br)cn2)c1. The van der Waals surface area contributed by atoms with Crippen molar-refractivity contribution in [2.75, 3.05) is 0 Å². The molecule has 0 aliphatic rings. The predicted molar refractivity (Wildman–Crippen MR) is 72.6 cm³/mol. The Balaban J connectivity index is 2.35. The summed E-state index contributed by atoms with van der Waals surface area (Å²) in [5, 5.41) is 4.21. The van der Waals surface area contributed by atoms with E-state index in [1.165, 1.54) is 0 Å². The molecule has 18 heavy (non-hydrogen) atoms. The standard InChI is InChI=1S/C13H14BrN3O/c1-9-6-16-17(8-9)13(2,3)12(18)11-5-4-10(14)7-15-11/h4-8H,1-3H3. The van der Waals surface area contributed by atoms with Gasteiger partial charge in [-0.05, 0) is 54.4 Å². The number of hydrogen-bond acceptors (Lipinski definition) is 3. The molecular weight excluding hydrogens is 294 g/mol. The van der Waals surface area contributed by atoms with Gasteiger partial charge in [-0.15, -0.1) is 0 Å². The summed E-state index contributed by atoms with van der Waals surface area (Å²) in [5.74, 6) is -0.0573. The first-order chi connectivity index (χ1) is 8.41. The highest BCUT2D eigenvalue weighted by Crippen LogP contribution is 2.21. The largest absolute Gasteiger partial charge is 0.290 e. The minimum absolute atomic E-state index is 0.0573. The molecule has 0 fully saturated rings. The summed E-state index contributed by atoms with van der Waals surface area (Å²) in [7, 11) is 0. The Morgan fingerprint density at radius 2 is 2.06 bits per heavy atom. The van der Waals surface area contributed by atoms with Crippen molar-refractivity contribution in [3.8, 4) is 0 Å². The van der Waals surface area contributed by atoms with E-state index >= 15 is 0 Å². The normalized spacial score (nSPS) is 11.6. The van der Waals surface area contributed by atoms with E-state index in [0.29, 0.717) is 5.69 Å². The average molecular weight is 308 g/mol. The maximum absolute atomic E-state index is 12.4. The molecule has 4 nitrogen and oxygen atoms in total. The van der Waals surface area contributed by atoms with Crippen LogP contribution in [0, 0.1) is 6.92 Å². The summed E-state index contributed by atoms with van der Waals surface area (Å²) in [6.45, 7) is 5.62. The summed E-state index contributed by atoms with van der Waals surface area (Å²) in [6.07, 6.45) is 5.22. The van der Waals surface area contributed by atoms with Crippen LogP contribution in [0.5, 0.6) is 0 Å². The van der Waals surface area contributed by atoms with Crippen LogP contribution in [0.1, 0.15) is 29.9 Å². The number of carbonyl (C=O) groups excluding carboxylic acids is 1. The molecule has 2 aromatic rings. The zero-order chi connectivity index (χ0) is 13.3. The fraction of sp³-hybridized carbons (Fsp3) is 0.308. The molecule has 2 aromatic heterocycles. The molecule has 0 spiro atoms. The fourth-order valence-corrected chi connectivity index (χ4v) is 1.88. The molecule has 0 aliphatic heterocycles. The summed E-state index contributed by atoms with van der Waals surface area (Å²) >= 11 is 3.30. The number of aryl methyl sites for hydroxylation is 1. The molecule has 0 saturated carbocycles. The van der Waals surface area contributed by atoms with Gasteiger partial charge in [-0.2, -0.15) is 5.10 Å². The van der Waals surface area contributed by atoms with E-state index < -0.39 is 5.54 Å². The molecule has 2 rings (SSSR count). The highest BCUT2D eigenvalue weighted by molar-refractivity contribution is 9.10. The van der Waals surface area contributed by atoms with Gasteiger partial charge in [0.25, 0.3) is 0 Å². The van der Waals surface area contributed by atoms with Gasteiger partial charge in [0, 0.05) is 16.9 Å². The van der Waals surface area contributed by atoms with Gasteiger partial charge >= 0.3 is 0 Å². The first kappa shape index (κ1) is 13.0. The van der Waals surface area contributed by atoms with E-state index in [9.17, 15) is 4.79 Å². The van der Waals surface area contributed by atoms with Crippen molar-refractivity contribution in [2.45, 2.75) is 26.3 Å². The van der Waals surface area contributed by atoms with Gasteiger partial charge in [-0.25, -0.2) is 0 Å². The first-order valence-electron chi connectivity index (χ1n) is 5.59. The van der Waals surface area contributed by atoms with Gasteiger partial charge in [0.15, 0.2) is 0 Å². The topological polar surface area (TPSA) is 47.8 Å². The average Bonchev–Trinajstić information content (AvgIpc) is 2.76. The zero-order valence-electron chi connectivity index (χ0n) is 10.5. The molecule has 0 N–H and O–H groups in total. The van der Waals surface area contributed by atoms with Gasteiger partial charge in [-0.1, -0.05) is 0 Å². The Hall–Kier alpha value is -1.49. The first-order valence-corrected chi connectivity index (χ1v) is 6.38. The van der Waals surface area contributed by atoms with Crippen LogP contribution in [0.3, 0.4) is 0 Å². The van der Waals surface area contributed by atoms with Crippen molar-refractivity contribution >= 4 is 21.7 Å². The lowest BCUT2D eigenvalue weighted by atomic mass is 9.96. The number of ketones is 1. The van der Waals surface area contributed by atoms with Crippen LogP contribution in [0.2, 0.25) is 0 Å². The maximum atomic E-state index is 12.4. The van der Waals surface area contributed by atoms with Crippen LogP contribution in [0.4, 0.5) is 0 Å². The predicted octanol–water partition coefficient (Wildman–Crippen LogP) is 2.97. The Kier molecular flexibility index (Phi) is 3.34. The number of halogens is 1. The second kappa shape index (κ2) is 4.65. The smallest absolute Gasteiger partial charge is 0.208 e. The molecule has 0 radical (unpaired) electrons. The second-order valence-electron chi connectivity index (χ2n) is 4.71. The molecule has 0 aromatic carbocycles. The third-order valence-corrected chi connectivity index (χ3v) is 3.27. The lowest BCUT2D eigenvalue weighted by molar-refractivity contribution is 0.0828. The molecule has 0 atom stereocenters. The van der Waals surface area contributed by atoms with Crippen molar-refractivity contribution in [3.05, 3.63) is 46.5 Å². The van der Waals surface area contributed by atoms with E-state index in [0.717, 1.165) is 10.0 Å². The summed E-state index contributed by atoms with van der Waals surface area (Å²) in [5.41, 5.74) is 0.728. The minimum atomic E-state index is -0.741. The van der Waals surface area contributed by atoms with Gasteiger partial charge < -0.3 is 0 Å². The number of rotatable bonds is 3. The van der Waals surface area contributed by atoms with E-state index in [1.807, 2.05) is 33.0 Å². The maximum Gasteiger partial charge on any atom is 0.208 e. The molecule has 2 heterocycles. The van der Waals surface area contributed by atoms with Crippen molar-refractivity contribution in [2.24, 2.45) is 0 Å². The van der Waals surface area contributed by atoms with Crippen LogP contribution < -0.4 is 0 Å². The number of pyridine rings is 1. The lowest BCUT2D eigenvalue weighted by Gasteiger charge is -2.23. The fourth-order valence-electron chi connectivity index (χ4n) is 1.65. The lowest BCUT2D eigenvalue weighted by Crippen LogP contribution is -2.36. The van der Waals surface area contributed by atoms with Gasteiger partial charge in [-0.3, -0.25) is 14.5 Å². The Morgan fingerprint density at radius 3 is 2.56 bits per heavy atom. The number of carbonyl (C=O) groups is 1. The molecule has 5 heteroatoms. The third kappa shape index (κ3) is 2.36. The molecule has 0 aliphatic carbocycles. The van der Waals surface area contributed by atoms with Crippen molar-refractivity contribution in [3.63, 3.8) is 0 Å². The molecule has 94 valence electrons. The van der Waals surface area contributed by atoms with E-state index in [4.69, 9.17) is 0 Å². The van der Waals surface area contributed by atoms with Gasteiger partial charge in [0.2, 0.25) is 5.78 Å². The number of Topliss-reactive ketones (excluding diaryl/α,β-unsaturated/α-hetero) is 1. The Labute approximate surface area is 114 Å². The minimum Gasteiger partial charge on any atom is -0.290 e. The highest BCUT2D eigenvalue weighted by Gasteiger charge is 2.32. The summed E-state index contributed by atoms with van der Waals surface area (Å²) in [6, 6.07) is 3.52. The number of nitrogens with zero attached hydrogens (tertiary/aromatic N) is 3. The van der Waals surface area contributed by atoms with Crippen molar-refractivity contribution in [1.29, 1.82) is 0 Å². The molecule has 0 saturated heterocycles. The number of hydrogen-bond donors (Lipinski definition) is 0. The summed E-state index contributed by atoms with van der Waals surface area (Å²) in [4.78, 5) is 16.6. The van der Waals surface area contributed by atoms with Crippen molar-refractivity contribution < 1.29 is 4.79 Å². The monoisotopic (exact) mass is 307 g/mol. The molecule has 0 amide bonds. The summed E-state index contributed by atoms with van der Waals surface area (Å²) < 4.78 is 2.53. The second-order valence-corrected chi connectivity index (χ2v) is 5.63. The molecule has 0 bridgehead atoms. The van der Waals surface area contributed by atoms with E-state index in [2.05, 4.69) is 26.0 Å². The van der Waals surface area contributed by atoms with Crippen LogP contribution >= 0.6 is 15.9 Å². The zero-order valence-corrected chi connectivity index (χ0v) is 12.1. The Morgan fingerprint density at radius 1 is 1.33 bits per heavy atom. The van der Waals surface area contributed by atoms with Crippen LogP contribution in [0.25, 0.3) is 0 Å². The van der Waals surface area contributed by atoms with Crippen molar-refractivity contribution in [1.82, 2.24) is 14.8 Å². The third-order valence-electron chi connectivity index (χ3n) is 2.80. The molecular formula is C13H14BrN3O. The Bertz CT molecular complexity index is 572. The van der Waals surface area contributed by atoms with E-state index in [1.54, 1.807) is 23.1 Å². The van der Waals surface area contributed by atoms with Gasteiger partial charge in [0.1, 0.15) is 11.2 Å². The van der Waals surface area contributed by atoms with Crippen LogP contribution in [-0.2, 0) is 5.54 Å². The van der Waals surface area contributed by atoms with Crippen LogP contribution in [0.15, 0.2) is 35.2 Å². The number of aromatic nitrogens is 3. The van der Waals surface area contributed by atoms with Crippen LogP contribution in [-0.4, -0.2) is 20.5 Å². The highest BCUT2D eigenvalue weighted by atomic mass is 79.9. The quantitative estimate of drug-likeness (QED) is 0.819. The van der Waals surface area contributed by atoms with E-state index in [-0.39, 0.29) is 5.78 Å². The van der Waals surface area contributed by atoms with Gasteiger partial charge in [0.05, 0.1) is 6.20 Å².